The Morgan fingerprint density at radius 3 is 1.32 bits per heavy atom. The zero-order valence-electron chi connectivity index (χ0n) is 12.3. The van der Waals surface area contributed by atoms with Crippen molar-refractivity contribution in [3.8, 4) is 0 Å². The largest absolute Gasteiger partial charge is 0.510 e. The number of hydrogen-bond donors (Lipinski definition) is 0. The Hall–Kier alpha value is -2.52. The van der Waals surface area contributed by atoms with Crippen LogP contribution in [0.4, 0.5) is 9.59 Å². The molecule has 0 aromatic carbocycles. The maximum atomic E-state index is 11.2. The highest BCUT2D eigenvalue weighted by atomic mass is 16.8. The van der Waals surface area contributed by atoms with Gasteiger partial charge < -0.3 is 28.4 Å². The molecule has 10 heteroatoms. The zero-order chi connectivity index (χ0) is 16.8. The third kappa shape index (κ3) is 11.3. The predicted molar refractivity (Wildman–Crippen MR) is 67.4 cm³/mol. The molecule has 0 saturated heterocycles. The molecule has 0 aliphatic heterocycles. The first-order chi connectivity index (χ1) is 10.5. The van der Waals surface area contributed by atoms with Crippen LogP contribution in [0.3, 0.4) is 0 Å². The number of rotatable bonds is 9. The first kappa shape index (κ1) is 19.5. The van der Waals surface area contributed by atoms with Crippen molar-refractivity contribution >= 4 is 24.2 Å². The summed E-state index contributed by atoms with van der Waals surface area (Å²) in [6, 6.07) is 0. The van der Waals surface area contributed by atoms with E-state index < -0.39 is 37.8 Å². The molecule has 0 aromatic heterocycles. The second kappa shape index (κ2) is 12.2. The van der Waals surface area contributed by atoms with Crippen LogP contribution in [0.15, 0.2) is 0 Å². The van der Waals surface area contributed by atoms with Gasteiger partial charge in [0.25, 0.3) is 0 Å². The van der Waals surface area contributed by atoms with Gasteiger partial charge in [0, 0.05) is 12.8 Å². The van der Waals surface area contributed by atoms with Crippen molar-refractivity contribution in [1.29, 1.82) is 0 Å². The van der Waals surface area contributed by atoms with Crippen LogP contribution in [0.25, 0.3) is 0 Å². The van der Waals surface area contributed by atoms with Crippen molar-refractivity contribution in [2.75, 3.05) is 27.8 Å². The van der Waals surface area contributed by atoms with E-state index in [0.29, 0.717) is 12.8 Å². The van der Waals surface area contributed by atoms with E-state index in [0.717, 1.165) is 14.2 Å². The van der Waals surface area contributed by atoms with Crippen molar-refractivity contribution < 1.29 is 47.6 Å². The Bertz CT molecular complexity index is 342. The van der Waals surface area contributed by atoms with Crippen molar-refractivity contribution in [3.05, 3.63) is 0 Å². The van der Waals surface area contributed by atoms with Gasteiger partial charge in [-0.2, -0.15) is 0 Å². The molecule has 0 bridgehead atoms. The van der Waals surface area contributed by atoms with E-state index in [1.807, 2.05) is 0 Å². The summed E-state index contributed by atoms with van der Waals surface area (Å²) in [6.45, 7) is -1.06. The van der Waals surface area contributed by atoms with Gasteiger partial charge in [0.05, 0.1) is 14.2 Å². The molecule has 126 valence electrons. The standard InChI is InChI=1S/C12H18O10/c1-17-11(15)21-7-19-9(13)5-3-4-6-10(14)20-8-22-12(16)18-2/h3-8H2,1-2H3. The van der Waals surface area contributed by atoms with E-state index in [1.165, 1.54) is 0 Å². The number of unbranched alkanes of at least 4 members (excludes halogenated alkanes) is 1. The van der Waals surface area contributed by atoms with Crippen molar-refractivity contribution in [3.63, 3.8) is 0 Å². The Morgan fingerprint density at radius 1 is 0.636 bits per heavy atom. The lowest BCUT2D eigenvalue weighted by atomic mass is 10.2. The lowest BCUT2D eigenvalue weighted by Crippen LogP contribution is -2.13. The Morgan fingerprint density at radius 2 is 1.00 bits per heavy atom. The molecule has 0 aromatic rings. The van der Waals surface area contributed by atoms with Crippen LogP contribution >= 0.6 is 0 Å². The molecular formula is C12H18O10. The van der Waals surface area contributed by atoms with Crippen LogP contribution in [0.5, 0.6) is 0 Å². The van der Waals surface area contributed by atoms with Gasteiger partial charge in [-0.25, -0.2) is 9.59 Å². The minimum Gasteiger partial charge on any atom is -0.438 e. The van der Waals surface area contributed by atoms with E-state index in [1.54, 1.807) is 0 Å². The molecule has 0 heterocycles. The lowest BCUT2D eigenvalue weighted by Gasteiger charge is -2.06. The summed E-state index contributed by atoms with van der Waals surface area (Å²) < 4.78 is 26.2. The minimum atomic E-state index is -0.954. The average Bonchev–Trinajstić information content (AvgIpc) is 2.51. The number of hydrogen-bond acceptors (Lipinski definition) is 10. The van der Waals surface area contributed by atoms with Crippen LogP contribution in [0.2, 0.25) is 0 Å². The van der Waals surface area contributed by atoms with Gasteiger partial charge in [-0.1, -0.05) is 0 Å². The molecule has 10 nitrogen and oxygen atoms in total. The molecule has 0 unspecified atom stereocenters. The first-order valence-corrected chi connectivity index (χ1v) is 6.22. The Labute approximate surface area is 126 Å². The molecule has 0 radical (unpaired) electrons. The van der Waals surface area contributed by atoms with E-state index in [-0.39, 0.29) is 12.8 Å². The summed E-state index contributed by atoms with van der Waals surface area (Å²) in [5.41, 5.74) is 0. The number of carbonyl (C=O) groups excluding carboxylic acids is 4. The molecule has 0 aliphatic rings. The van der Waals surface area contributed by atoms with Gasteiger partial charge in [0.1, 0.15) is 0 Å². The van der Waals surface area contributed by atoms with Gasteiger partial charge in [0.15, 0.2) is 0 Å². The predicted octanol–water partition coefficient (Wildman–Crippen LogP) is 1.11. The monoisotopic (exact) mass is 322 g/mol. The lowest BCUT2D eigenvalue weighted by molar-refractivity contribution is -0.155. The SMILES string of the molecule is COC(=O)OCOC(=O)CCCCC(=O)OCOC(=O)OC. The van der Waals surface area contributed by atoms with Gasteiger partial charge >= 0.3 is 24.2 Å². The number of methoxy groups -OCH3 is 2. The summed E-state index contributed by atoms with van der Waals surface area (Å²) in [4.78, 5) is 43.5. The van der Waals surface area contributed by atoms with E-state index in [2.05, 4.69) is 28.4 Å². The molecular weight excluding hydrogens is 304 g/mol. The maximum Gasteiger partial charge on any atom is 0.510 e. The summed E-state index contributed by atoms with van der Waals surface area (Å²) in [5.74, 6) is -1.16. The molecule has 0 rings (SSSR count). The second-order valence-electron chi connectivity index (χ2n) is 3.67. The Kier molecular flexibility index (Phi) is 10.8. The van der Waals surface area contributed by atoms with Crippen molar-refractivity contribution in [2.45, 2.75) is 25.7 Å². The zero-order valence-corrected chi connectivity index (χ0v) is 12.3. The fourth-order valence-corrected chi connectivity index (χ4v) is 1.09. The molecule has 0 atom stereocenters. The smallest absolute Gasteiger partial charge is 0.438 e. The molecule has 0 aliphatic carbocycles. The van der Waals surface area contributed by atoms with Gasteiger partial charge in [-0.05, 0) is 12.8 Å². The number of esters is 2. The summed E-state index contributed by atoms with van der Waals surface area (Å²) in [7, 11) is 2.25. The third-order valence-electron chi connectivity index (χ3n) is 2.14. The highest BCUT2D eigenvalue weighted by Crippen LogP contribution is 2.03. The average molecular weight is 322 g/mol. The molecule has 0 N–H and O–H groups in total. The van der Waals surface area contributed by atoms with E-state index >= 15 is 0 Å². The highest BCUT2D eigenvalue weighted by molar-refractivity contribution is 5.70. The van der Waals surface area contributed by atoms with Crippen LogP contribution < -0.4 is 0 Å². The molecule has 0 amide bonds. The van der Waals surface area contributed by atoms with Crippen LogP contribution in [0.1, 0.15) is 25.7 Å². The van der Waals surface area contributed by atoms with Gasteiger partial charge in [-0.15, -0.1) is 0 Å². The van der Waals surface area contributed by atoms with Crippen molar-refractivity contribution in [1.82, 2.24) is 0 Å². The molecule has 0 spiro atoms. The number of carbonyl (C=O) groups is 4. The van der Waals surface area contributed by atoms with Crippen LogP contribution in [-0.2, 0) is 38.0 Å². The Balaban J connectivity index is 3.50. The summed E-state index contributed by atoms with van der Waals surface area (Å²) in [5, 5.41) is 0. The normalized spacial score (nSPS) is 9.36. The highest BCUT2D eigenvalue weighted by Gasteiger charge is 2.08. The maximum absolute atomic E-state index is 11.2. The molecule has 0 saturated carbocycles. The quantitative estimate of drug-likeness (QED) is 0.264. The summed E-state index contributed by atoms with van der Waals surface area (Å²) in [6.07, 6.45) is -1.05. The van der Waals surface area contributed by atoms with Crippen molar-refractivity contribution in [2.24, 2.45) is 0 Å². The fourth-order valence-electron chi connectivity index (χ4n) is 1.09. The fraction of sp³-hybridized carbons (Fsp3) is 0.667. The molecule has 0 fully saturated rings. The van der Waals surface area contributed by atoms with Gasteiger partial charge in [0.2, 0.25) is 13.6 Å². The third-order valence-corrected chi connectivity index (χ3v) is 2.14. The van der Waals surface area contributed by atoms with Crippen LogP contribution in [0, 0.1) is 0 Å². The van der Waals surface area contributed by atoms with E-state index in [9.17, 15) is 19.2 Å². The van der Waals surface area contributed by atoms with Gasteiger partial charge in [-0.3, -0.25) is 9.59 Å². The molecule has 22 heavy (non-hydrogen) atoms. The van der Waals surface area contributed by atoms with E-state index in [4.69, 9.17) is 0 Å². The number of ether oxygens (including phenoxy) is 6. The minimum absolute atomic E-state index is 0.0521. The summed E-state index contributed by atoms with van der Waals surface area (Å²) >= 11 is 0. The van der Waals surface area contributed by atoms with Crippen LogP contribution in [-0.4, -0.2) is 52.1 Å². The topological polar surface area (TPSA) is 124 Å². The second-order valence-corrected chi connectivity index (χ2v) is 3.67. The first-order valence-electron chi connectivity index (χ1n) is 6.22.